The number of nitrogens with two attached hydrogens (primary N) is 1. The van der Waals surface area contributed by atoms with Gasteiger partial charge in [-0.05, 0) is 18.2 Å². The Hall–Kier alpha value is -2.77. The van der Waals surface area contributed by atoms with E-state index in [9.17, 15) is 4.79 Å². The Balaban J connectivity index is 2.46. The Kier molecular flexibility index (Phi) is 4.27. The van der Waals surface area contributed by atoms with E-state index in [0.29, 0.717) is 16.3 Å². The highest BCUT2D eigenvalue weighted by Gasteiger charge is 2.22. The van der Waals surface area contributed by atoms with Crippen LogP contribution in [0.5, 0.6) is 5.75 Å². The van der Waals surface area contributed by atoms with Crippen LogP contribution in [0.3, 0.4) is 0 Å². The number of thiophene rings is 1. The Labute approximate surface area is 125 Å². The fourth-order valence-electron chi connectivity index (χ4n) is 1.90. The van der Waals surface area contributed by atoms with E-state index in [1.165, 1.54) is 11.3 Å². The Bertz CT molecular complexity index is 754. The first-order valence-corrected chi connectivity index (χ1v) is 6.83. The Morgan fingerprint density at radius 1 is 1.38 bits per heavy atom. The molecule has 0 saturated carbocycles. The van der Waals surface area contributed by atoms with Gasteiger partial charge in [-0.25, -0.2) is 0 Å². The van der Waals surface area contributed by atoms with Gasteiger partial charge in [-0.15, -0.1) is 11.3 Å². The number of carbonyl (C=O) groups excluding carboxylic acids is 1. The van der Waals surface area contributed by atoms with Crippen LogP contribution in [-0.4, -0.2) is 31.0 Å². The zero-order valence-corrected chi connectivity index (χ0v) is 12.1. The second kappa shape index (κ2) is 6.12. The van der Waals surface area contributed by atoms with Crippen molar-refractivity contribution in [3.63, 3.8) is 0 Å². The minimum absolute atomic E-state index is 0.149. The fourth-order valence-corrected chi connectivity index (χ4v) is 3.02. The van der Waals surface area contributed by atoms with Crippen molar-refractivity contribution in [2.24, 2.45) is 0 Å². The molecule has 1 aromatic carbocycles. The number of fused-ring (bicyclic) bond motifs is 1. The summed E-state index contributed by atoms with van der Waals surface area (Å²) in [6.45, 7) is -0.299. The summed E-state index contributed by atoms with van der Waals surface area (Å²) in [7, 11) is 1.56. The normalized spacial score (nSPS) is 9.86. The molecule has 0 radical (unpaired) electrons. The first kappa shape index (κ1) is 14.6. The predicted octanol–water partition coefficient (Wildman–Crippen LogP) is 1.98. The lowest BCUT2D eigenvalue weighted by atomic mass is 10.2. The molecule has 0 aliphatic rings. The van der Waals surface area contributed by atoms with Crippen molar-refractivity contribution < 1.29 is 9.53 Å². The van der Waals surface area contributed by atoms with Gasteiger partial charge in [0.2, 0.25) is 0 Å². The van der Waals surface area contributed by atoms with E-state index >= 15 is 0 Å². The quantitative estimate of drug-likeness (QED) is 0.869. The molecule has 0 atom stereocenters. The first-order chi connectivity index (χ1) is 10.1. The van der Waals surface area contributed by atoms with Crippen molar-refractivity contribution in [3.8, 4) is 17.9 Å². The highest BCUT2D eigenvalue weighted by molar-refractivity contribution is 7.21. The standard InChI is InChI=1S/C14H12N4O2S/c1-20-9-2-3-10-11(8-9)21-13(12(10)17)14(19)18(6-4-15)7-5-16/h2-3,8H,6-7,17H2,1H3. The maximum Gasteiger partial charge on any atom is 0.267 e. The number of rotatable bonds is 4. The number of nitrogens with zero attached hydrogens (tertiary/aromatic N) is 3. The fraction of sp³-hybridized carbons (Fsp3) is 0.214. The summed E-state index contributed by atoms with van der Waals surface area (Å²) < 4.78 is 5.96. The molecule has 0 fully saturated rings. The van der Waals surface area contributed by atoms with Gasteiger partial charge in [0.1, 0.15) is 23.7 Å². The maximum atomic E-state index is 12.4. The highest BCUT2D eigenvalue weighted by atomic mass is 32.1. The molecule has 6 nitrogen and oxygen atoms in total. The average Bonchev–Trinajstić information content (AvgIpc) is 2.82. The molecule has 1 heterocycles. The van der Waals surface area contributed by atoms with Gasteiger partial charge in [0.05, 0.1) is 24.9 Å². The monoisotopic (exact) mass is 300 g/mol. The third-order valence-electron chi connectivity index (χ3n) is 2.94. The molecule has 2 aromatic rings. The van der Waals surface area contributed by atoms with Crippen molar-refractivity contribution in [3.05, 3.63) is 23.1 Å². The molecule has 21 heavy (non-hydrogen) atoms. The van der Waals surface area contributed by atoms with Gasteiger partial charge < -0.3 is 15.4 Å². The highest BCUT2D eigenvalue weighted by Crippen LogP contribution is 2.36. The summed E-state index contributed by atoms with van der Waals surface area (Å²) in [5.74, 6) is 0.268. The molecule has 1 aromatic heterocycles. The zero-order chi connectivity index (χ0) is 15.4. The second-order valence-corrected chi connectivity index (χ2v) is 5.24. The first-order valence-electron chi connectivity index (χ1n) is 6.01. The summed E-state index contributed by atoms with van der Waals surface area (Å²) in [5, 5.41) is 18.2. The predicted molar refractivity (Wildman–Crippen MR) is 79.9 cm³/mol. The van der Waals surface area contributed by atoms with E-state index in [1.807, 2.05) is 12.1 Å². The van der Waals surface area contributed by atoms with E-state index in [0.717, 1.165) is 15.0 Å². The lowest BCUT2D eigenvalue weighted by Crippen LogP contribution is -2.31. The summed E-state index contributed by atoms with van der Waals surface area (Å²) in [6.07, 6.45) is 0. The van der Waals surface area contributed by atoms with Crippen molar-refractivity contribution in [1.29, 1.82) is 10.5 Å². The number of ether oxygens (including phenoxy) is 1. The van der Waals surface area contributed by atoms with E-state index in [4.69, 9.17) is 21.0 Å². The van der Waals surface area contributed by atoms with Gasteiger partial charge in [0.15, 0.2) is 0 Å². The van der Waals surface area contributed by atoms with Crippen LogP contribution in [0.25, 0.3) is 10.1 Å². The topological polar surface area (TPSA) is 103 Å². The van der Waals surface area contributed by atoms with Crippen LogP contribution >= 0.6 is 11.3 Å². The number of hydrogen-bond acceptors (Lipinski definition) is 6. The molecule has 106 valence electrons. The number of nitrogen functional groups attached to an aromatic ring is 1. The van der Waals surface area contributed by atoms with Crippen LogP contribution in [0.4, 0.5) is 5.69 Å². The SMILES string of the molecule is COc1ccc2c(N)c(C(=O)N(CC#N)CC#N)sc2c1. The van der Waals surface area contributed by atoms with Gasteiger partial charge in [0.25, 0.3) is 5.91 Å². The number of methoxy groups -OCH3 is 1. The van der Waals surface area contributed by atoms with Gasteiger partial charge in [0, 0.05) is 10.1 Å². The summed E-state index contributed by atoms with van der Waals surface area (Å²) in [6, 6.07) is 9.10. The van der Waals surface area contributed by atoms with Crippen LogP contribution in [0.1, 0.15) is 9.67 Å². The maximum absolute atomic E-state index is 12.4. The van der Waals surface area contributed by atoms with Crippen molar-refractivity contribution >= 4 is 33.0 Å². The minimum Gasteiger partial charge on any atom is -0.497 e. The number of nitriles is 2. The molecule has 1 amide bonds. The molecule has 0 spiro atoms. The number of benzene rings is 1. The smallest absolute Gasteiger partial charge is 0.267 e. The van der Waals surface area contributed by atoms with Gasteiger partial charge >= 0.3 is 0 Å². The van der Waals surface area contributed by atoms with Crippen molar-refractivity contribution in [2.45, 2.75) is 0 Å². The lowest BCUT2D eigenvalue weighted by Gasteiger charge is -2.14. The zero-order valence-electron chi connectivity index (χ0n) is 11.3. The van der Waals surface area contributed by atoms with E-state index in [1.54, 1.807) is 25.3 Å². The van der Waals surface area contributed by atoms with E-state index in [2.05, 4.69) is 0 Å². The average molecular weight is 300 g/mol. The van der Waals surface area contributed by atoms with Crippen LogP contribution in [0.2, 0.25) is 0 Å². The minimum atomic E-state index is -0.407. The lowest BCUT2D eigenvalue weighted by molar-refractivity contribution is 0.0800. The Morgan fingerprint density at radius 2 is 2.05 bits per heavy atom. The largest absolute Gasteiger partial charge is 0.497 e. The molecule has 0 saturated heterocycles. The second-order valence-electron chi connectivity index (χ2n) is 4.18. The number of carbonyl (C=O) groups is 1. The van der Waals surface area contributed by atoms with Gasteiger partial charge in [-0.2, -0.15) is 10.5 Å². The molecular weight excluding hydrogens is 288 g/mol. The number of hydrogen-bond donors (Lipinski definition) is 1. The molecule has 2 N–H and O–H groups in total. The molecule has 2 rings (SSSR count). The van der Waals surface area contributed by atoms with Gasteiger partial charge in [-0.3, -0.25) is 4.79 Å². The van der Waals surface area contributed by atoms with Crippen LogP contribution in [0.15, 0.2) is 18.2 Å². The number of amides is 1. The third kappa shape index (κ3) is 2.73. The third-order valence-corrected chi connectivity index (χ3v) is 4.10. The number of anilines is 1. The van der Waals surface area contributed by atoms with Crippen molar-refractivity contribution in [2.75, 3.05) is 25.9 Å². The van der Waals surface area contributed by atoms with Crippen LogP contribution < -0.4 is 10.5 Å². The molecule has 0 aliphatic carbocycles. The van der Waals surface area contributed by atoms with Crippen molar-refractivity contribution in [1.82, 2.24) is 4.90 Å². The molecule has 0 aliphatic heterocycles. The molecular formula is C14H12N4O2S. The summed E-state index contributed by atoms with van der Waals surface area (Å²) >= 11 is 1.23. The molecule has 0 bridgehead atoms. The van der Waals surface area contributed by atoms with Gasteiger partial charge in [-0.1, -0.05) is 0 Å². The van der Waals surface area contributed by atoms with E-state index in [-0.39, 0.29) is 13.1 Å². The molecule has 0 unspecified atom stereocenters. The van der Waals surface area contributed by atoms with Crippen LogP contribution in [-0.2, 0) is 0 Å². The van der Waals surface area contributed by atoms with Crippen LogP contribution in [0, 0.1) is 22.7 Å². The van der Waals surface area contributed by atoms with E-state index < -0.39 is 5.91 Å². The summed E-state index contributed by atoms with van der Waals surface area (Å²) in [4.78, 5) is 13.9. The summed E-state index contributed by atoms with van der Waals surface area (Å²) in [5.41, 5.74) is 6.38. The molecule has 7 heteroatoms. The Morgan fingerprint density at radius 3 is 2.62 bits per heavy atom.